The number of carbonyl (C=O) groups is 4. The first-order valence-electron chi connectivity index (χ1n) is 13.5. The van der Waals surface area contributed by atoms with Crippen LogP contribution in [0, 0.1) is 5.92 Å². The molecule has 0 spiro atoms. The molecule has 0 radical (unpaired) electrons. The van der Waals surface area contributed by atoms with Gasteiger partial charge in [-0.2, -0.15) is 0 Å². The molecule has 1 aliphatic heterocycles. The smallest absolute Gasteiger partial charge is 0.321 e. The monoisotopic (exact) mass is 577 g/mol. The van der Waals surface area contributed by atoms with E-state index in [0.717, 1.165) is 0 Å². The SMILES string of the molecule is O=C(OCc1ccccc1)C(C(=O)OCc1ccccc1)[C@@H](CCCCCN1C(=O)c2ccccc2C1=O)[PH](=O)O. The molecule has 0 saturated heterocycles. The summed E-state index contributed by atoms with van der Waals surface area (Å²) in [6, 6.07) is 24.5. The van der Waals surface area contributed by atoms with Gasteiger partial charge in [0.15, 0.2) is 13.9 Å². The van der Waals surface area contributed by atoms with Gasteiger partial charge in [-0.25, -0.2) is 0 Å². The van der Waals surface area contributed by atoms with Crippen LogP contribution in [0.2, 0.25) is 0 Å². The quantitative estimate of drug-likeness (QED) is 0.0954. The highest BCUT2D eigenvalue weighted by Crippen LogP contribution is 2.35. The molecule has 0 aliphatic carbocycles. The van der Waals surface area contributed by atoms with E-state index in [1.807, 2.05) is 12.1 Å². The molecule has 0 saturated carbocycles. The number of hydrogen-bond acceptors (Lipinski definition) is 7. The molecule has 9 nitrogen and oxygen atoms in total. The summed E-state index contributed by atoms with van der Waals surface area (Å²) >= 11 is 0. The van der Waals surface area contributed by atoms with Crippen molar-refractivity contribution in [2.24, 2.45) is 5.92 Å². The van der Waals surface area contributed by atoms with Crippen LogP contribution in [0.1, 0.15) is 57.5 Å². The third kappa shape index (κ3) is 7.78. The number of imide groups is 1. The number of carbonyl (C=O) groups excluding carboxylic acids is 4. The Balaban J connectivity index is 1.37. The van der Waals surface area contributed by atoms with Gasteiger partial charge >= 0.3 is 11.9 Å². The van der Waals surface area contributed by atoms with Gasteiger partial charge in [0.25, 0.3) is 11.8 Å². The van der Waals surface area contributed by atoms with E-state index in [2.05, 4.69) is 0 Å². The zero-order valence-electron chi connectivity index (χ0n) is 22.4. The molecule has 3 aromatic rings. The first-order valence-corrected chi connectivity index (χ1v) is 14.9. The maximum Gasteiger partial charge on any atom is 0.321 e. The van der Waals surface area contributed by atoms with Crippen LogP contribution in [-0.4, -0.2) is 45.8 Å². The molecule has 0 aromatic heterocycles. The minimum absolute atomic E-state index is 0.0853. The van der Waals surface area contributed by atoms with Crippen molar-refractivity contribution >= 4 is 31.8 Å². The van der Waals surface area contributed by atoms with Gasteiger partial charge in [-0.15, -0.1) is 0 Å². The van der Waals surface area contributed by atoms with Crippen LogP contribution in [0.3, 0.4) is 0 Å². The highest BCUT2D eigenvalue weighted by molar-refractivity contribution is 7.39. The molecule has 3 aromatic carbocycles. The molecule has 2 atom stereocenters. The molecule has 2 amide bonds. The maximum atomic E-state index is 13.1. The Labute approximate surface area is 239 Å². The van der Waals surface area contributed by atoms with Crippen LogP contribution in [0.25, 0.3) is 0 Å². The number of unbranched alkanes of at least 4 members (excludes halogenated alkanes) is 2. The van der Waals surface area contributed by atoms with Gasteiger partial charge in [0.2, 0.25) is 0 Å². The second kappa shape index (κ2) is 14.5. The van der Waals surface area contributed by atoms with E-state index in [-0.39, 0.29) is 38.0 Å². The summed E-state index contributed by atoms with van der Waals surface area (Å²) in [6.45, 7) is 0.00991. The number of nitrogens with zero attached hydrogens (tertiary/aromatic N) is 1. The molecule has 0 fully saturated rings. The Morgan fingerprint density at radius 3 is 1.63 bits per heavy atom. The Bertz CT molecular complexity index is 1300. The fourth-order valence-corrected chi connectivity index (χ4v) is 5.76. The van der Waals surface area contributed by atoms with Gasteiger partial charge in [-0.05, 0) is 36.1 Å². The highest BCUT2D eigenvalue weighted by Gasteiger charge is 2.40. The predicted octanol–water partition coefficient (Wildman–Crippen LogP) is 4.78. The summed E-state index contributed by atoms with van der Waals surface area (Å²) in [7, 11) is -3.35. The zero-order chi connectivity index (χ0) is 29.2. The van der Waals surface area contributed by atoms with Gasteiger partial charge in [-0.1, -0.05) is 85.6 Å². The molecule has 1 aliphatic rings. The van der Waals surface area contributed by atoms with Crippen molar-refractivity contribution in [1.29, 1.82) is 0 Å². The van der Waals surface area contributed by atoms with Crippen molar-refractivity contribution in [1.82, 2.24) is 4.90 Å². The molecular weight excluding hydrogens is 545 g/mol. The van der Waals surface area contributed by atoms with Gasteiger partial charge in [0.05, 0.1) is 16.8 Å². The number of benzene rings is 3. The van der Waals surface area contributed by atoms with Crippen LogP contribution in [0.4, 0.5) is 0 Å². The molecule has 10 heteroatoms. The van der Waals surface area contributed by atoms with Crippen LogP contribution in [0.15, 0.2) is 84.9 Å². The summed E-state index contributed by atoms with van der Waals surface area (Å²) in [4.78, 5) is 62.8. The third-order valence-electron chi connectivity index (χ3n) is 6.95. The van der Waals surface area contributed by atoms with Crippen LogP contribution >= 0.6 is 8.03 Å². The lowest BCUT2D eigenvalue weighted by Crippen LogP contribution is -2.36. The Morgan fingerprint density at radius 1 is 0.707 bits per heavy atom. The molecule has 1 N–H and O–H groups in total. The lowest BCUT2D eigenvalue weighted by atomic mass is 9.99. The summed E-state index contributed by atoms with van der Waals surface area (Å²) in [5.41, 5.74) is 0.979. The lowest BCUT2D eigenvalue weighted by Gasteiger charge is -2.22. The number of fused-ring (bicyclic) bond motifs is 1. The number of esters is 2. The van der Waals surface area contributed by atoms with E-state index in [1.165, 1.54) is 4.90 Å². The van der Waals surface area contributed by atoms with Crippen molar-refractivity contribution in [2.75, 3.05) is 6.54 Å². The van der Waals surface area contributed by atoms with Crippen molar-refractivity contribution in [2.45, 2.75) is 44.6 Å². The van der Waals surface area contributed by atoms with Crippen molar-refractivity contribution < 1.29 is 38.1 Å². The van der Waals surface area contributed by atoms with E-state index < -0.39 is 31.5 Å². The number of hydrogen-bond donors (Lipinski definition) is 1. The summed E-state index contributed by atoms with van der Waals surface area (Å²) < 4.78 is 23.2. The molecular formula is C31H32NO8P. The number of rotatable bonds is 14. The maximum absolute atomic E-state index is 13.1. The van der Waals surface area contributed by atoms with Gasteiger partial charge in [-0.3, -0.25) is 28.6 Å². The average Bonchev–Trinajstić information content (AvgIpc) is 3.23. The Morgan fingerprint density at radius 2 is 1.17 bits per heavy atom. The van der Waals surface area contributed by atoms with E-state index in [9.17, 15) is 28.6 Å². The lowest BCUT2D eigenvalue weighted by molar-refractivity contribution is -0.164. The normalized spacial score (nSPS) is 14.0. The molecule has 214 valence electrons. The fourth-order valence-electron chi connectivity index (χ4n) is 4.75. The molecule has 1 heterocycles. The summed E-state index contributed by atoms with van der Waals surface area (Å²) in [6.07, 6.45) is 1.44. The topological polar surface area (TPSA) is 127 Å². The summed E-state index contributed by atoms with van der Waals surface area (Å²) in [5.74, 6) is -4.10. The van der Waals surface area contributed by atoms with Gasteiger partial charge in [0.1, 0.15) is 13.2 Å². The Hall–Kier alpha value is -4.07. The molecule has 41 heavy (non-hydrogen) atoms. The minimum Gasteiger partial charge on any atom is -0.460 e. The van der Waals surface area contributed by atoms with Gasteiger partial charge in [0, 0.05) is 6.54 Å². The van der Waals surface area contributed by atoms with Crippen LogP contribution in [-0.2, 0) is 36.8 Å². The first-order chi connectivity index (χ1) is 19.9. The fraction of sp³-hybridized carbons (Fsp3) is 0.290. The first kappa shape index (κ1) is 29.9. The van der Waals surface area contributed by atoms with Gasteiger partial charge < -0.3 is 14.4 Å². The number of ether oxygens (including phenoxy) is 2. The zero-order valence-corrected chi connectivity index (χ0v) is 23.4. The average molecular weight is 578 g/mol. The van der Waals surface area contributed by atoms with E-state index in [4.69, 9.17) is 9.47 Å². The van der Waals surface area contributed by atoms with Crippen molar-refractivity contribution in [3.63, 3.8) is 0 Å². The largest absolute Gasteiger partial charge is 0.460 e. The van der Waals surface area contributed by atoms with Crippen LogP contribution in [0.5, 0.6) is 0 Å². The van der Waals surface area contributed by atoms with E-state index in [1.54, 1.807) is 72.8 Å². The highest BCUT2D eigenvalue weighted by atomic mass is 31.1. The van der Waals surface area contributed by atoms with E-state index >= 15 is 0 Å². The summed E-state index contributed by atoms with van der Waals surface area (Å²) in [5, 5.41) is 0. The minimum atomic E-state index is -3.35. The van der Waals surface area contributed by atoms with Crippen LogP contribution < -0.4 is 0 Å². The molecule has 1 unspecified atom stereocenters. The second-order valence-corrected chi connectivity index (χ2v) is 11.2. The molecule has 4 rings (SSSR count). The second-order valence-electron chi connectivity index (χ2n) is 9.77. The van der Waals surface area contributed by atoms with Crippen molar-refractivity contribution in [3.8, 4) is 0 Å². The standard InChI is InChI=1S/C31H32NO8P/c33-28-24-16-9-10-17-25(24)29(34)32(28)19-11-3-8-18-26(41(37)38)27(30(35)39-20-22-12-4-1-5-13-22)31(36)40-21-23-14-6-2-7-15-23/h1-2,4-7,9-10,12-17,26-27,41H,3,8,11,18-21H2,(H,37,38)/t26-/m1/s1. The molecule has 0 bridgehead atoms. The predicted molar refractivity (Wildman–Crippen MR) is 151 cm³/mol. The van der Waals surface area contributed by atoms with E-state index in [0.29, 0.717) is 41.5 Å². The Kier molecular flexibility index (Phi) is 10.6. The number of amides is 2. The van der Waals surface area contributed by atoms with Crippen molar-refractivity contribution in [3.05, 3.63) is 107 Å². The third-order valence-corrected chi connectivity index (χ3v) is 8.21.